The summed E-state index contributed by atoms with van der Waals surface area (Å²) in [5, 5.41) is 21.0. The molecule has 2 N–H and O–H groups in total. The van der Waals surface area contributed by atoms with E-state index in [9.17, 15) is 19.8 Å². The normalized spacial score (nSPS) is 20.6. The predicted octanol–water partition coefficient (Wildman–Crippen LogP) is 6.95. The molecule has 0 spiro atoms. The molecule has 2 aromatic rings. The molecular weight excluding hydrogens is 560 g/mol. The number of ether oxygens (including phenoxy) is 4. The van der Waals surface area contributed by atoms with E-state index >= 15 is 0 Å². The molecule has 4 unspecified atom stereocenters. The number of benzene rings is 2. The van der Waals surface area contributed by atoms with Gasteiger partial charge in [0, 0.05) is 35.8 Å². The van der Waals surface area contributed by atoms with Crippen molar-refractivity contribution in [2.45, 2.75) is 119 Å². The summed E-state index contributed by atoms with van der Waals surface area (Å²) in [5.41, 5.74) is 7.47. The Morgan fingerprint density at radius 2 is 1.00 bits per heavy atom. The van der Waals surface area contributed by atoms with Gasteiger partial charge in [0.25, 0.3) is 0 Å². The lowest BCUT2D eigenvalue weighted by Crippen LogP contribution is -2.32. The molecule has 8 nitrogen and oxygen atoms in total. The number of aromatic hydroxyl groups is 2. The van der Waals surface area contributed by atoms with Crippen molar-refractivity contribution >= 4 is 11.9 Å². The first kappa shape index (κ1) is 33.5. The summed E-state index contributed by atoms with van der Waals surface area (Å²) in [4.78, 5) is 24.6. The molecule has 0 amide bonds. The number of carbonyl (C=O) groups excluding carboxylic acids is 2. The summed E-state index contributed by atoms with van der Waals surface area (Å²) >= 11 is 0. The Kier molecular flexibility index (Phi) is 10.7. The Hall–Kier alpha value is -3.42. The second-order valence-electron chi connectivity index (χ2n) is 12.9. The molecule has 2 aliphatic rings. The van der Waals surface area contributed by atoms with Gasteiger partial charge in [0.2, 0.25) is 0 Å². The molecule has 2 aromatic carbocycles. The monoisotopic (exact) mass is 610 g/mol. The zero-order valence-corrected chi connectivity index (χ0v) is 27.7. The molecule has 2 heterocycles. The lowest BCUT2D eigenvalue weighted by molar-refractivity contribution is -0.146. The van der Waals surface area contributed by atoms with Gasteiger partial charge in [-0.1, -0.05) is 0 Å². The smallest absolute Gasteiger partial charge is 0.305 e. The van der Waals surface area contributed by atoms with Crippen LogP contribution in [0.3, 0.4) is 0 Å². The van der Waals surface area contributed by atoms with Gasteiger partial charge in [0.1, 0.15) is 23.0 Å². The molecule has 2 aliphatic heterocycles. The Balaban J connectivity index is 1.11. The topological polar surface area (TPSA) is 112 Å². The molecule has 0 aromatic heterocycles. The Morgan fingerprint density at radius 1 is 0.636 bits per heavy atom. The maximum absolute atomic E-state index is 12.3. The number of hydrogen-bond acceptors (Lipinski definition) is 8. The molecule has 0 aliphatic carbocycles. The van der Waals surface area contributed by atoms with Crippen molar-refractivity contribution in [3.8, 4) is 23.0 Å². The summed E-state index contributed by atoms with van der Waals surface area (Å²) in [6, 6.07) is 0. The Morgan fingerprint density at radius 3 is 1.36 bits per heavy atom. The lowest BCUT2D eigenvalue weighted by atomic mass is 9.84. The van der Waals surface area contributed by atoms with Gasteiger partial charge in [-0.15, -0.1) is 0 Å². The quantitative estimate of drug-likeness (QED) is 0.208. The highest BCUT2D eigenvalue weighted by Gasteiger charge is 2.32. The Labute approximate surface area is 262 Å². The van der Waals surface area contributed by atoms with Gasteiger partial charge in [-0.3, -0.25) is 9.59 Å². The number of rotatable bonds is 11. The van der Waals surface area contributed by atoms with Crippen LogP contribution in [0.25, 0.3) is 0 Å². The van der Waals surface area contributed by atoms with Crippen LogP contribution in [-0.2, 0) is 31.9 Å². The van der Waals surface area contributed by atoms with E-state index in [2.05, 4.69) is 0 Å². The predicted molar refractivity (Wildman–Crippen MR) is 169 cm³/mol. The molecule has 0 saturated carbocycles. The van der Waals surface area contributed by atoms with Gasteiger partial charge < -0.3 is 29.2 Å². The van der Waals surface area contributed by atoms with E-state index in [0.717, 1.165) is 68.8 Å². The van der Waals surface area contributed by atoms with Crippen molar-refractivity contribution in [1.82, 2.24) is 0 Å². The molecule has 0 bridgehead atoms. The highest BCUT2D eigenvalue weighted by atomic mass is 16.5. The maximum atomic E-state index is 12.3. The van der Waals surface area contributed by atoms with E-state index in [1.54, 1.807) is 0 Å². The number of fused-ring (bicyclic) bond motifs is 2. The van der Waals surface area contributed by atoms with Crippen molar-refractivity contribution in [1.29, 1.82) is 0 Å². The van der Waals surface area contributed by atoms with Crippen molar-refractivity contribution in [2.75, 3.05) is 13.2 Å². The molecule has 4 rings (SSSR count). The number of unbranched alkanes of at least 4 members (excludes halogenated alkanes) is 1. The average Bonchev–Trinajstić information content (AvgIpc) is 3.00. The van der Waals surface area contributed by atoms with E-state index < -0.39 is 0 Å². The van der Waals surface area contributed by atoms with Gasteiger partial charge in [-0.05, 0) is 127 Å². The van der Waals surface area contributed by atoms with Crippen LogP contribution in [0.15, 0.2) is 0 Å². The number of esters is 2. The standard InChI is InChI=1S/C36H50O8/c1-19-21(3)35-29(23(5)33(19)39)17-27(25(7)43-35)13-15-41-31(37)11-9-10-12-32(38)42-16-14-28-18-30-24(6)34(40)20(2)22(4)36(30)44-26(28)8/h25-28,39-40H,9-18H2,1-8H3. The average molecular weight is 611 g/mol. The molecule has 8 heteroatoms. The van der Waals surface area contributed by atoms with Crippen LogP contribution >= 0.6 is 0 Å². The summed E-state index contributed by atoms with van der Waals surface area (Å²) in [7, 11) is 0. The fourth-order valence-corrected chi connectivity index (χ4v) is 6.57. The van der Waals surface area contributed by atoms with Crippen molar-refractivity contribution < 1.29 is 38.7 Å². The van der Waals surface area contributed by atoms with E-state index in [0.29, 0.717) is 50.4 Å². The van der Waals surface area contributed by atoms with Crippen molar-refractivity contribution in [3.63, 3.8) is 0 Å². The minimum absolute atomic E-state index is 0.00935. The molecule has 0 saturated heterocycles. The van der Waals surface area contributed by atoms with Gasteiger partial charge >= 0.3 is 11.9 Å². The van der Waals surface area contributed by atoms with Crippen LogP contribution in [0.2, 0.25) is 0 Å². The van der Waals surface area contributed by atoms with Crippen LogP contribution in [0, 0.1) is 53.4 Å². The zero-order chi connectivity index (χ0) is 32.3. The van der Waals surface area contributed by atoms with E-state index in [4.69, 9.17) is 18.9 Å². The third-order valence-electron chi connectivity index (χ3n) is 10.1. The van der Waals surface area contributed by atoms with E-state index in [-0.39, 0.29) is 48.8 Å². The number of phenolic OH excluding ortho intramolecular Hbond substituents is 2. The first-order chi connectivity index (χ1) is 20.8. The molecular formula is C36H50O8. The fraction of sp³-hybridized carbons (Fsp3) is 0.611. The van der Waals surface area contributed by atoms with Crippen LogP contribution in [0.1, 0.15) is 96.9 Å². The molecule has 44 heavy (non-hydrogen) atoms. The molecule has 0 radical (unpaired) electrons. The fourth-order valence-electron chi connectivity index (χ4n) is 6.57. The van der Waals surface area contributed by atoms with Crippen molar-refractivity contribution in [3.05, 3.63) is 44.5 Å². The number of phenols is 2. The summed E-state index contributed by atoms with van der Waals surface area (Å²) < 4.78 is 23.5. The van der Waals surface area contributed by atoms with Crippen molar-refractivity contribution in [2.24, 2.45) is 11.8 Å². The second kappa shape index (κ2) is 14.1. The highest BCUT2D eigenvalue weighted by molar-refractivity contribution is 5.70. The molecule has 242 valence electrons. The third-order valence-corrected chi connectivity index (χ3v) is 10.1. The second-order valence-corrected chi connectivity index (χ2v) is 12.9. The molecule has 4 atom stereocenters. The minimum atomic E-state index is -0.262. The largest absolute Gasteiger partial charge is 0.507 e. The van der Waals surface area contributed by atoms with Crippen LogP contribution in [0.5, 0.6) is 23.0 Å². The minimum Gasteiger partial charge on any atom is -0.507 e. The lowest BCUT2D eigenvalue weighted by Gasteiger charge is -2.34. The number of carbonyl (C=O) groups is 2. The summed E-state index contributed by atoms with van der Waals surface area (Å²) in [6.07, 6.45) is 4.55. The van der Waals surface area contributed by atoms with Crippen LogP contribution in [-0.4, -0.2) is 47.6 Å². The maximum Gasteiger partial charge on any atom is 0.305 e. The highest BCUT2D eigenvalue weighted by Crippen LogP contribution is 2.44. The summed E-state index contributed by atoms with van der Waals surface area (Å²) in [6.45, 7) is 16.3. The van der Waals surface area contributed by atoms with E-state index in [1.807, 2.05) is 55.4 Å². The van der Waals surface area contributed by atoms with Gasteiger partial charge in [-0.2, -0.15) is 0 Å². The van der Waals surface area contributed by atoms with Gasteiger partial charge in [-0.25, -0.2) is 0 Å². The van der Waals surface area contributed by atoms with Gasteiger partial charge in [0.05, 0.1) is 25.4 Å². The van der Waals surface area contributed by atoms with Crippen LogP contribution < -0.4 is 9.47 Å². The summed E-state index contributed by atoms with van der Waals surface area (Å²) in [5.74, 6) is 2.26. The third kappa shape index (κ3) is 7.10. The SMILES string of the molecule is Cc1c(C)c2c(c(C)c1O)CC(CCOC(=O)CCCCC(=O)OCCC1Cc3c(C)c(O)c(C)c(C)c3OC1C)C(C)O2. The first-order valence-corrected chi connectivity index (χ1v) is 16.1. The number of hydrogen-bond donors (Lipinski definition) is 2. The van der Waals surface area contributed by atoms with E-state index in [1.165, 1.54) is 0 Å². The first-order valence-electron chi connectivity index (χ1n) is 16.1. The Bertz CT molecular complexity index is 1290. The zero-order valence-electron chi connectivity index (χ0n) is 27.7. The van der Waals surface area contributed by atoms with Crippen LogP contribution in [0.4, 0.5) is 0 Å². The molecule has 0 fully saturated rings. The van der Waals surface area contributed by atoms with Gasteiger partial charge in [0.15, 0.2) is 0 Å².